The fourth-order valence-corrected chi connectivity index (χ4v) is 6.07. The van der Waals surface area contributed by atoms with Crippen molar-refractivity contribution in [3.8, 4) is 0 Å². The molecule has 2 heterocycles. The van der Waals surface area contributed by atoms with Crippen molar-refractivity contribution in [1.29, 1.82) is 0 Å². The summed E-state index contributed by atoms with van der Waals surface area (Å²) in [5, 5.41) is 2.86. The number of fused-ring (bicyclic) bond motifs is 3. The van der Waals surface area contributed by atoms with Gasteiger partial charge in [-0.3, -0.25) is 14.5 Å². The zero-order chi connectivity index (χ0) is 24.9. The molecule has 9 nitrogen and oxygen atoms in total. The van der Waals surface area contributed by atoms with Crippen molar-refractivity contribution in [3.05, 3.63) is 18.2 Å². The van der Waals surface area contributed by atoms with Crippen LogP contribution >= 0.6 is 0 Å². The monoisotopic (exact) mass is 494 g/mol. The number of hydrogen-bond acceptors (Lipinski definition) is 6. The molecule has 1 aromatic rings. The molecule has 1 atom stereocenters. The Balaban J connectivity index is 1.86. The van der Waals surface area contributed by atoms with Gasteiger partial charge in [0.2, 0.25) is 21.8 Å². The molecule has 1 aromatic carbocycles. The van der Waals surface area contributed by atoms with Gasteiger partial charge in [0.15, 0.2) is 0 Å². The lowest BCUT2D eigenvalue weighted by Crippen LogP contribution is -2.57. The molecule has 2 aliphatic rings. The maximum atomic E-state index is 13.4. The van der Waals surface area contributed by atoms with Crippen LogP contribution in [0.15, 0.2) is 23.1 Å². The van der Waals surface area contributed by atoms with Gasteiger partial charge < -0.3 is 15.0 Å². The van der Waals surface area contributed by atoms with Gasteiger partial charge in [-0.1, -0.05) is 13.8 Å². The van der Waals surface area contributed by atoms with Crippen LogP contribution in [0.1, 0.15) is 53.4 Å². The first kappa shape index (κ1) is 26.4. The van der Waals surface area contributed by atoms with E-state index in [2.05, 4.69) is 10.2 Å². The van der Waals surface area contributed by atoms with E-state index < -0.39 is 10.0 Å². The fraction of sp³-hybridized carbons (Fsp3) is 0.667. The molecule has 1 unspecified atom stereocenters. The Bertz CT molecular complexity index is 978. The van der Waals surface area contributed by atoms with Gasteiger partial charge in [0.05, 0.1) is 22.4 Å². The van der Waals surface area contributed by atoms with Gasteiger partial charge in [-0.05, 0) is 57.7 Å². The SMILES string of the molecule is CCN(CC)S(=O)(=O)c1ccc2c(c1)N(CC(=O)NCCCOC(C)C)C(=O)C1CCCCN21. The highest BCUT2D eigenvalue weighted by Crippen LogP contribution is 2.40. The Morgan fingerprint density at radius 2 is 1.94 bits per heavy atom. The first-order valence-corrected chi connectivity index (χ1v) is 13.7. The van der Waals surface area contributed by atoms with E-state index >= 15 is 0 Å². The van der Waals surface area contributed by atoms with Gasteiger partial charge in [0, 0.05) is 32.8 Å². The molecule has 0 aliphatic carbocycles. The van der Waals surface area contributed by atoms with Crippen molar-refractivity contribution in [3.63, 3.8) is 0 Å². The number of anilines is 2. The molecule has 1 fully saturated rings. The summed E-state index contributed by atoms with van der Waals surface area (Å²) in [7, 11) is -3.70. The van der Waals surface area contributed by atoms with E-state index in [9.17, 15) is 18.0 Å². The van der Waals surface area contributed by atoms with E-state index in [4.69, 9.17) is 4.74 Å². The van der Waals surface area contributed by atoms with Gasteiger partial charge in [-0.2, -0.15) is 4.31 Å². The number of nitrogens with one attached hydrogen (secondary N) is 1. The van der Waals surface area contributed by atoms with Crippen molar-refractivity contribution in [2.24, 2.45) is 0 Å². The van der Waals surface area contributed by atoms with E-state index in [-0.39, 0.29) is 35.4 Å². The summed E-state index contributed by atoms with van der Waals surface area (Å²) < 4.78 is 33.2. The Morgan fingerprint density at radius 3 is 2.62 bits per heavy atom. The van der Waals surface area contributed by atoms with Crippen molar-refractivity contribution < 1.29 is 22.7 Å². The molecule has 190 valence electrons. The number of rotatable bonds is 11. The predicted molar refractivity (Wildman–Crippen MR) is 133 cm³/mol. The van der Waals surface area contributed by atoms with Crippen LogP contribution in [-0.4, -0.2) is 76.0 Å². The second-order valence-electron chi connectivity index (χ2n) is 8.99. The summed E-state index contributed by atoms with van der Waals surface area (Å²) >= 11 is 0. The van der Waals surface area contributed by atoms with Gasteiger partial charge in [0.25, 0.3) is 0 Å². The molecular weight excluding hydrogens is 456 g/mol. The van der Waals surface area contributed by atoms with Crippen LogP contribution in [0.2, 0.25) is 0 Å². The highest BCUT2D eigenvalue weighted by molar-refractivity contribution is 7.89. The minimum absolute atomic E-state index is 0.134. The first-order chi connectivity index (χ1) is 16.2. The molecule has 0 radical (unpaired) electrons. The van der Waals surface area contributed by atoms with Crippen molar-refractivity contribution >= 4 is 33.2 Å². The summed E-state index contributed by atoms with van der Waals surface area (Å²) in [5.41, 5.74) is 1.29. The molecule has 0 saturated carbocycles. The first-order valence-electron chi connectivity index (χ1n) is 12.3. The van der Waals surface area contributed by atoms with Crippen molar-refractivity contribution in [1.82, 2.24) is 9.62 Å². The summed E-state index contributed by atoms with van der Waals surface area (Å²) in [4.78, 5) is 29.8. The minimum Gasteiger partial charge on any atom is -0.379 e. The third-order valence-corrected chi connectivity index (χ3v) is 8.39. The van der Waals surface area contributed by atoms with Crippen LogP contribution < -0.4 is 15.1 Å². The highest BCUT2D eigenvalue weighted by atomic mass is 32.2. The minimum atomic E-state index is -3.70. The molecule has 3 rings (SSSR count). The average molecular weight is 495 g/mol. The number of benzene rings is 1. The van der Waals surface area contributed by atoms with Crippen LogP contribution in [0.3, 0.4) is 0 Å². The normalized spacial score (nSPS) is 18.3. The Kier molecular flexibility index (Phi) is 8.95. The lowest BCUT2D eigenvalue weighted by molar-refractivity contribution is -0.125. The summed E-state index contributed by atoms with van der Waals surface area (Å²) in [6.45, 7) is 9.82. The van der Waals surface area contributed by atoms with Gasteiger partial charge in [-0.25, -0.2) is 8.42 Å². The molecule has 0 bridgehead atoms. The van der Waals surface area contributed by atoms with Gasteiger partial charge >= 0.3 is 0 Å². The van der Waals surface area contributed by atoms with Crippen molar-refractivity contribution in [2.75, 3.05) is 49.1 Å². The third-order valence-electron chi connectivity index (χ3n) is 6.34. The van der Waals surface area contributed by atoms with E-state index in [1.807, 2.05) is 13.8 Å². The van der Waals surface area contributed by atoms with Crippen LogP contribution in [0.25, 0.3) is 0 Å². The number of nitrogens with zero attached hydrogens (tertiary/aromatic N) is 3. The number of piperidine rings is 1. The lowest BCUT2D eigenvalue weighted by Gasteiger charge is -2.45. The molecule has 10 heteroatoms. The van der Waals surface area contributed by atoms with Gasteiger partial charge in [-0.15, -0.1) is 0 Å². The summed E-state index contributed by atoms with van der Waals surface area (Å²) in [5.74, 6) is -0.423. The average Bonchev–Trinajstić information content (AvgIpc) is 2.81. The van der Waals surface area contributed by atoms with E-state index in [1.54, 1.807) is 32.0 Å². The maximum absolute atomic E-state index is 13.4. The van der Waals surface area contributed by atoms with E-state index in [1.165, 1.54) is 9.21 Å². The van der Waals surface area contributed by atoms with Gasteiger partial charge in [0.1, 0.15) is 12.6 Å². The number of carbonyl (C=O) groups excluding carboxylic acids is 2. The highest BCUT2D eigenvalue weighted by Gasteiger charge is 2.40. The largest absolute Gasteiger partial charge is 0.379 e. The maximum Gasteiger partial charge on any atom is 0.250 e. The number of amides is 2. The van der Waals surface area contributed by atoms with Crippen LogP contribution in [0.4, 0.5) is 11.4 Å². The topological polar surface area (TPSA) is 99.3 Å². The molecule has 34 heavy (non-hydrogen) atoms. The second kappa shape index (κ2) is 11.5. The molecule has 1 saturated heterocycles. The molecule has 0 spiro atoms. The van der Waals surface area contributed by atoms with Crippen LogP contribution in [-0.2, 0) is 24.3 Å². The van der Waals surface area contributed by atoms with Crippen LogP contribution in [0, 0.1) is 0 Å². The molecule has 1 N–H and O–H groups in total. The second-order valence-corrected chi connectivity index (χ2v) is 10.9. The zero-order valence-corrected chi connectivity index (χ0v) is 21.6. The smallest absolute Gasteiger partial charge is 0.250 e. The molecule has 2 amide bonds. The number of ether oxygens (including phenoxy) is 1. The fourth-order valence-electron chi connectivity index (χ4n) is 4.59. The molecular formula is C24H38N4O5S. The summed E-state index contributed by atoms with van der Waals surface area (Å²) in [6, 6.07) is 4.62. The van der Waals surface area contributed by atoms with E-state index in [0.29, 0.717) is 38.3 Å². The van der Waals surface area contributed by atoms with E-state index in [0.717, 1.165) is 31.5 Å². The Morgan fingerprint density at radius 1 is 1.21 bits per heavy atom. The number of hydrogen-bond donors (Lipinski definition) is 1. The Hall–Kier alpha value is -2.17. The van der Waals surface area contributed by atoms with Crippen molar-refractivity contribution in [2.45, 2.75) is 70.4 Å². The Labute approximate surface area is 203 Å². The quantitative estimate of drug-likeness (QED) is 0.474. The number of sulfonamides is 1. The lowest BCUT2D eigenvalue weighted by atomic mass is 9.96. The zero-order valence-electron chi connectivity index (χ0n) is 20.7. The number of carbonyl (C=O) groups is 2. The predicted octanol–water partition coefficient (Wildman–Crippen LogP) is 2.35. The third kappa shape index (κ3) is 5.72. The standard InChI is InChI=1S/C24H38N4O5S/c1-5-26(6-2)34(31,32)19-11-12-20-22(16-19)28(24(30)21-10-7-8-14-27(20)21)17-23(29)25-13-9-15-33-18(3)4/h11-12,16,18,21H,5-10,13-15,17H2,1-4H3,(H,25,29). The molecule has 2 aliphatic heterocycles. The molecule has 0 aromatic heterocycles. The van der Waals surface area contributed by atoms with Crippen LogP contribution in [0.5, 0.6) is 0 Å². The summed E-state index contributed by atoms with van der Waals surface area (Å²) in [6.07, 6.45) is 3.46.